The summed E-state index contributed by atoms with van der Waals surface area (Å²) >= 11 is 0. The van der Waals surface area contributed by atoms with Crippen molar-refractivity contribution in [2.45, 2.75) is 297 Å². The SMILES string of the molecule is CC/C=C\C/C=C\C/C=C\C/C=C\C/C=C\C/C=C\CCCCCCCCCCC(=O)OCC(COC(=O)CCCCCCC/C=C\C/C=C\CCC)OC(=O)CCCCCCCCCCCCCCCCC. The zero-order valence-corrected chi connectivity index (χ0v) is 47.9. The van der Waals surface area contributed by atoms with E-state index in [9.17, 15) is 14.4 Å². The molecule has 0 radical (unpaired) electrons. The van der Waals surface area contributed by atoms with E-state index in [1.165, 1.54) is 116 Å². The lowest BCUT2D eigenvalue weighted by Gasteiger charge is -2.18. The van der Waals surface area contributed by atoms with Gasteiger partial charge in [-0.3, -0.25) is 14.4 Å². The second kappa shape index (κ2) is 60.9. The molecule has 6 nitrogen and oxygen atoms in total. The van der Waals surface area contributed by atoms with Crippen molar-refractivity contribution < 1.29 is 28.6 Å². The molecule has 0 saturated carbocycles. The number of carbonyl (C=O) groups excluding carboxylic acids is 3. The predicted octanol–water partition coefficient (Wildman–Crippen LogP) is 20.9. The van der Waals surface area contributed by atoms with Crippen molar-refractivity contribution in [2.75, 3.05) is 13.2 Å². The quantitative estimate of drug-likeness (QED) is 0.0261. The lowest BCUT2D eigenvalue weighted by molar-refractivity contribution is -0.167. The molecule has 1 atom stereocenters. The van der Waals surface area contributed by atoms with Gasteiger partial charge in [0.2, 0.25) is 0 Å². The van der Waals surface area contributed by atoms with Crippen LogP contribution in [0.15, 0.2) is 97.2 Å². The van der Waals surface area contributed by atoms with Crippen molar-refractivity contribution in [3.05, 3.63) is 97.2 Å². The Labute approximate surface area is 451 Å². The van der Waals surface area contributed by atoms with Gasteiger partial charge in [0.25, 0.3) is 0 Å². The Balaban J connectivity index is 4.31. The molecule has 0 aliphatic carbocycles. The first kappa shape index (κ1) is 69.3. The molecule has 0 bridgehead atoms. The fourth-order valence-corrected chi connectivity index (χ4v) is 8.48. The van der Waals surface area contributed by atoms with E-state index < -0.39 is 6.10 Å². The third-order valence-electron chi connectivity index (χ3n) is 13.1. The van der Waals surface area contributed by atoms with Crippen molar-refractivity contribution in [1.29, 1.82) is 0 Å². The number of carbonyl (C=O) groups is 3. The number of unbranched alkanes of at least 4 members (excludes halogenated alkanes) is 28. The second-order valence-corrected chi connectivity index (χ2v) is 20.2. The van der Waals surface area contributed by atoms with Crippen LogP contribution in [0.5, 0.6) is 0 Å². The molecule has 0 rings (SSSR count). The summed E-state index contributed by atoms with van der Waals surface area (Å²) in [5.74, 6) is -0.898. The summed E-state index contributed by atoms with van der Waals surface area (Å²) in [6.45, 7) is 6.46. The lowest BCUT2D eigenvalue weighted by atomic mass is 10.0. The van der Waals surface area contributed by atoms with Crippen LogP contribution in [0.4, 0.5) is 0 Å². The fourth-order valence-electron chi connectivity index (χ4n) is 8.48. The van der Waals surface area contributed by atoms with Crippen molar-refractivity contribution in [3.8, 4) is 0 Å². The molecule has 0 aromatic rings. The normalized spacial score (nSPS) is 12.8. The van der Waals surface area contributed by atoms with E-state index in [1.807, 2.05) is 0 Å². The number of hydrogen-bond acceptors (Lipinski definition) is 6. The summed E-state index contributed by atoms with van der Waals surface area (Å²) in [4.78, 5) is 38.2. The van der Waals surface area contributed by atoms with Gasteiger partial charge in [-0.25, -0.2) is 0 Å². The third kappa shape index (κ3) is 59.1. The van der Waals surface area contributed by atoms with Gasteiger partial charge >= 0.3 is 17.9 Å². The van der Waals surface area contributed by atoms with Gasteiger partial charge in [0, 0.05) is 19.3 Å². The monoisotopic (exact) mass is 1010 g/mol. The average molecular weight is 1020 g/mol. The van der Waals surface area contributed by atoms with Crippen LogP contribution in [0.1, 0.15) is 290 Å². The average Bonchev–Trinajstić information content (AvgIpc) is 3.39. The Bertz CT molecular complexity index is 1440. The van der Waals surface area contributed by atoms with Gasteiger partial charge in [0.15, 0.2) is 6.10 Å². The van der Waals surface area contributed by atoms with E-state index in [-0.39, 0.29) is 31.1 Å². The molecular weight excluding hydrogens is 901 g/mol. The summed E-state index contributed by atoms with van der Waals surface area (Å²) < 4.78 is 16.9. The van der Waals surface area contributed by atoms with Crippen LogP contribution in [-0.4, -0.2) is 37.2 Å². The topological polar surface area (TPSA) is 78.9 Å². The molecule has 0 aliphatic heterocycles. The summed E-state index contributed by atoms with van der Waals surface area (Å²) in [6, 6.07) is 0. The first-order valence-electron chi connectivity index (χ1n) is 30.7. The highest BCUT2D eigenvalue weighted by atomic mass is 16.6. The van der Waals surface area contributed by atoms with E-state index in [2.05, 4.69) is 118 Å². The van der Waals surface area contributed by atoms with Gasteiger partial charge < -0.3 is 14.2 Å². The fraction of sp³-hybridized carbons (Fsp3) is 0.716. The summed E-state index contributed by atoms with van der Waals surface area (Å²) in [6.07, 6.45) is 81.2. The summed E-state index contributed by atoms with van der Waals surface area (Å²) in [5.41, 5.74) is 0. The molecule has 0 heterocycles. The molecule has 0 fully saturated rings. The Hall–Kier alpha value is -3.67. The number of esters is 3. The highest BCUT2D eigenvalue weighted by Crippen LogP contribution is 2.16. The Morgan fingerprint density at radius 1 is 0.288 bits per heavy atom. The van der Waals surface area contributed by atoms with Crippen LogP contribution in [0.25, 0.3) is 0 Å². The van der Waals surface area contributed by atoms with E-state index in [0.29, 0.717) is 19.3 Å². The van der Waals surface area contributed by atoms with Crippen LogP contribution in [-0.2, 0) is 28.6 Å². The molecule has 0 amide bonds. The Morgan fingerprint density at radius 2 is 0.562 bits per heavy atom. The maximum absolute atomic E-state index is 12.9. The molecule has 0 saturated heterocycles. The van der Waals surface area contributed by atoms with Crippen molar-refractivity contribution in [1.82, 2.24) is 0 Å². The van der Waals surface area contributed by atoms with Gasteiger partial charge in [-0.2, -0.15) is 0 Å². The minimum absolute atomic E-state index is 0.0846. The zero-order valence-electron chi connectivity index (χ0n) is 47.9. The van der Waals surface area contributed by atoms with Crippen LogP contribution >= 0.6 is 0 Å². The highest BCUT2D eigenvalue weighted by Gasteiger charge is 2.19. The van der Waals surface area contributed by atoms with Gasteiger partial charge in [0.1, 0.15) is 13.2 Å². The minimum atomic E-state index is -0.786. The molecule has 0 spiro atoms. The Kier molecular flexibility index (Phi) is 57.8. The van der Waals surface area contributed by atoms with Crippen LogP contribution in [0, 0.1) is 0 Å². The number of allylic oxidation sites excluding steroid dienone is 16. The molecule has 6 heteroatoms. The molecule has 418 valence electrons. The highest BCUT2D eigenvalue weighted by molar-refractivity contribution is 5.71. The van der Waals surface area contributed by atoms with Crippen molar-refractivity contribution in [3.63, 3.8) is 0 Å². The standard InChI is InChI=1S/C67H114O6/c1-4-7-10-13-16-19-22-25-27-28-29-30-31-32-33-34-35-36-37-38-40-42-45-48-51-54-57-60-66(69)72-63-64(62-71-65(68)59-56-53-50-47-44-41-24-21-18-15-12-9-6-3)73-67(70)61-58-55-52-49-46-43-39-26-23-20-17-14-11-8-5-2/h7,10,12,15-16,19,21,24-25,27,29-30,32-33,35-36,64H,4-6,8-9,11,13-14,17-18,20,22-23,26,28,31,34,37-63H2,1-3H3/b10-7-,15-12-,19-16-,24-21-,27-25-,30-29-,33-32-,36-35-. The molecule has 1 unspecified atom stereocenters. The molecule has 73 heavy (non-hydrogen) atoms. The second-order valence-electron chi connectivity index (χ2n) is 20.2. The number of hydrogen-bond donors (Lipinski definition) is 0. The summed E-state index contributed by atoms with van der Waals surface area (Å²) in [5, 5.41) is 0. The molecule has 0 aromatic heterocycles. The van der Waals surface area contributed by atoms with Crippen LogP contribution < -0.4 is 0 Å². The molecule has 0 aliphatic rings. The predicted molar refractivity (Wildman–Crippen MR) is 316 cm³/mol. The molecule has 0 aromatic carbocycles. The first-order valence-corrected chi connectivity index (χ1v) is 30.7. The van der Waals surface area contributed by atoms with Crippen molar-refractivity contribution >= 4 is 17.9 Å². The maximum atomic E-state index is 12.9. The van der Waals surface area contributed by atoms with Gasteiger partial charge in [-0.15, -0.1) is 0 Å². The number of ether oxygens (including phenoxy) is 3. The molecular formula is C67H114O6. The minimum Gasteiger partial charge on any atom is -0.462 e. The summed E-state index contributed by atoms with van der Waals surface area (Å²) in [7, 11) is 0. The number of rotatable bonds is 55. The van der Waals surface area contributed by atoms with Crippen molar-refractivity contribution in [2.24, 2.45) is 0 Å². The third-order valence-corrected chi connectivity index (χ3v) is 13.1. The smallest absolute Gasteiger partial charge is 0.306 e. The van der Waals surface area contributed by atoms with Gasteiger partial charge in [-0.1, -0.05) is 272 Å². The van der Waals surface area contributed by atoms with Crippen LogP contribution in [0.2, 0.25) is 0 Å². The zero-order chi connectivity index (χ0) is 52.9. The first-order chi connectivity index (χ1) is 36.0. The van der Waals surface area contributed by atoms with E-state index in [0.717, 1.165) is 135 Å². The van der Waals surface area contributed by atoms with E-state index in [4.69, 9.17) is 14.2 Å². The van der Waals surface area contributed by atoms with Gasteiger partial charge in [-0.05, 0) is 96.3 Å². The maximum Gasteiger partial charge on any atom is 0.306 e. The Morgan fingerprint density at radius 3 is 0.890 bits per heavy atom. The van der Waals surface area contributed by atoms with Crippen LogP contribution in [0.3, 0.4) is 0 Å². The van der Waals surface area contributed by atoms with E-state index in [1.54, 1.807) is 0 Å². The van der Waals surface area contributed by atoms with E-state index >= 15 is 0 Å². The molecule has 0 N–H and O–H groups in total. The largest absolute Gasteiger partial charge is 0.462 e. The lowest BCUT2D eigenvalue weighted by Crippen LogP contribution is -2.30. The van der Waals surface area contributed by atoms with Gasteiger partial charge in [0.05, 0.1) is 0 Å².